The van der Waals surface area contributed by atoms with Crippen molar-refractivity contribution in [3.05, 3.63) is 64.4 Å². The third-order valence-electron chi connectivity index (χ3n) is 5.85. The summed E-state index contributed by atoms with van der Waals surface area (Å²) in [6.45, 7) is 3.72. The largest absolute Gasteiger partial charge is 0.484 e. The van der Waals surface area contributed by atoms with Crippen LogP contribution in [0, 0.1) is 12.7 Å². The number of nitrogens with one attached hydrogen (secondary N) is 1. The first-order chi connectivity index (χ1) is 15.4. The van der Waals surface area contributed by atoms with Gasteiger partial charge in [0.05, 0.1) is 0 Å². The Morgan fingerprint density at radius 1 is 1.19 bits per heavy atom. The number of halogens is 2. The Labute approximate surface area is 193 Å². The lowest BCUT2D eigenvalue weighted by Gasteiger charge is -2.31. The first kappa shape index (κ1) is 24.1. The Bertz CT molecular complexity index is 929. The lowest BCUT2D eigenvalue weighted by atomic mass is 10.1. The third-order valence-corrected chi connectivity index (χ3v) is 6.27. The fraction of sp³-hybridized carbons (Fsp3) is 0.440. The van der Waals surface area contributed by atoms with Crippen molar-refractivity contribution in [2.75, 3.05) is 6.61 Å². The van der Waals surface area contributed by atoms with Gasteiger partial charge in [-0.25, -0.2) is 4.39 Å². The van der Waals surface area contributed by atoms with Crippen LogP contribution in [0.2, 0.25) is 5.02 Å². The van der Waals surface area contributed by atoms with E-state index in [1.807, 2.05) is 13.8 Å². The van der Waals surface area contributed by atoms with E-state index in [0.717, 1.165) is 36.8 Å². The number of carbonyl (C=O) groups excluding carboxylic acids is 2. The van der Waals surface area contributed by atoms with Crippen LogP contribution in [-0.2, 0) is 16.1 Å². The summed E-state index contributed by atoms with van der Waals surface area (Å²) in [7, 11) is 0. The van der Waals surface area contributed by atoms with E-state index in [2.05, 4.69) is 5.32 Å². The van der Waals surface area contributed by atoms with Crippen molar-refractivity contribution in [3.63, 3.8) is 0 Å². The standard InChI is InChI=1S/C25H30ClFN2O3/c1-3-23(25(31)28-20-6-4-5-7-20)29(15-18-8-10-19(27)11-9-18)24(30)16-32-21-12-13-22(26)17(2)14-21/h8-14,20,23H,3-7,15-16H2,1-2H3,(H,28,31)/t23-/m1/s1. The SMILES string of the molecule is CC[C@H](C(=O)NC1CCCC1)N(Cc1ccc(F)cc1)C(=O)COc1ccc(Cl)c(C)c1. The van der Waals surface area contributed by atoms with Crippen LogP contribution in [0.25, 0.3) is 0 Å². The summed E-state index contributed by atoms with van der Waals surface area (Å²) in [5.74, 6) is -0.280. The van der Waals surface area contributed by atoms with Crippen LogP contribution in [0.4, 0.5) is 4.39 Å². The Morgan fingerprint density at radius 3 is 2.50 bits per heavy atom. The number of benzene rings is 2. The van der Waals surface area contributed by atoms with Gasteiger partial charge in [0.15, 0.2) is 6.61 Å². The Hall–Kier alpha value is -2.60. The zero-order chi connectivity index (χ0) is 23.1. The van der Waals surface area contributed by atoms with Gasteiger partial charge in [-0.05, 0) is 67.6 Å². The first-order valence-electron chi connectivity index (χ1n) is 11.1. The number of hydrogen-bond acceptors (Lipinski definition) is 3. The van der Waals surface area contributed by atoms with Gasteiger partial charge in [0, 0.05) is 17.6 Å². The van der Waals surface area contributed by atoms with E-state index in [1.165, 1.54) is 17.0 Å². The van der Waals surface area contributed by atoms with E-state index in [4.69, 9.17) is 16.3 Å². The summed E-state index contributed by atoms with van der Waals surface area (Å²) in [5.41, 5.74) is 1.59. The molecule has 7 heteroatoms. The summed E-state index contributed by atoms with van der Waals surface area (Å²) in [6, 6.07) is 10.7. The molecule has 0 unspecified atom stereocenters. The molecule has 2 aromatic rings. The zero-order valence-corrected chi connectivity index (χ0v) is 19.3. The summed E-state index contributed by atoms with van der Waals surface area (Å²) >= 11 is 6.06. The van der Waals surface area contributed by atoms with Gasteiger partial charge in [-0.1, -0.05) is 43.5 Å². The maximum atomic E-state index is 13.4. The van der Waals surface area contributed by atoms with Crippen molar-refractivity contribution in [3.8, 4) is 5.75 Å². The number of hydrogen-bond donors (Lipinski definition) is 1. The van der Waals surface area contributed by atoms with Gasteiger partial charge in [-0.2, -0.15) is 0 Å². The summed E-state index contributed by atoms with van der Waals surface area (Å²) < 4.78 is 19.1. The second-order valence-electron chi connectivity index (χ2n) is 8.26. The highest BCUT2D eigenvalue weighted by molar-refractivity contribution is 6.31. The Kier molecular flexibility index (Phi) is 8.51. The highest BCUT2D eigenvalue weighted by Gasteiger charge is 2.30. The van der Waals surface area contributed by atoms with E-state index in [1.54, 1.807) is 30.3 Å². The molecule has 0 saturated heterocycles. The molecule has 0 spiro atoms. The highest BCUT2D eigenvalue weighted by Crippen LogP contribution is 2.22. The van der Waals surface area contributed by atoms with Gasteiger partial charge >= 0.3 is 0 Å². The molecule has 0 radical (unpaired) electrons. The number of nitrogens with zero attached hydrogens (tertiary/aromatic N) is 1. The molecule has 32 heavy (non-hydrogen) atoms. The molecular weight excluding hydrogens is 431 g/mol. The number of rotatable bonds is 9. The molecule has 0 heterocycles. The van der Waals surface area contributed by atoms with Gasteiger partial charge in [-0.15, -0.1) is 0 Å². The molecule has 1 aliphatic carbocycles. The van der Waals surface area contributed by atoms with E-state index >= 15 is 0 Å². The molecule has 2 amide bonds. The van der Waals surface area contributed by atoms with E-state index in [9.17, 15) is 14.0 Å². The summed E-state index contributed by atoms with van der Waals surface area (Å²) in [6.07, 6.45) is 4.61. The minimum atomic E-state index is -0.635. The van der Waals surface area contributed by atoms with Crippen molar-refractivity contribution < 1.29 is 18.7 Å². The number of amides is 2. The molecule has 1 N–H and O–H groups in total. The molecule has 172 valence electrons. The predicted octanol–water partition coefficient (Wildman–Crippen LogP) is 5.03. The third kappa shape index (κ3) is 6.45. The molecule has 0 bridgehead atoms. The quantitative estimate of drug-likeness (QED) is 0.570. The molecule has 1 aliphatic rings. The topological polar surface area (TPSA) is 58.6 Å². The fourth-order valence-electron chi connectivity index (χ4n) is 4.01. The van der Waals surface area contributed by atoms with Crippen molar-refractivity contribution in [1.29, 1.82) is 0 Å². The van der Waals surface area contributed by atoms with Crippen molar-refractivity contribution in [2.45, 2.75) is 64.6 Å². The Balaban J connectivity index is 1.75. The minimum Gasteiger partial charge on any atom is -0.484 e. The fourth-order valence-corrected chi connectivity index (χ4v) is 4.13. The zero-order valence-electron chi connectivity index (χ0n) is 18.6. The second-order valence-corrected chi connectivity index (χ2v) is 8.67. The maximum absolute atomic E-state index is 13.4. The first-order valence-corrected chi connectivity index (χ1v) is 11.5. The molecule has 0 aromatic heterocycles. The molecule has 1 fully saturated rings. The van der Waals surface area contributed by atoms with Crippen LogP contribution in [-0.4, -0.2) is 35.4 Å². The average molecular weight is 461 g/mol. The maximum Gasteiger partial charge on any atom is 0.261 e. The van der Waals surface area contributed by atoms with Crippen LogP contribution >= 0.6 is 11.6 Å². The average Bonchev–Trinajstić information content (AvgIpc) is 3.28. The number of aryl methyl sites for hydroxylation is 1. The predicted molar refractivity (Wildman–Crippen MR) is 123 cm³/mol. The monoisotopic (exact) mass is 460 g/mol. The van der Waals surface area contributed by atoms with Crippen LogP contribution in [0.3, 0.4) is 0 Å². The van der Waals surface area contributed by atoms with Gasteiger partial charge in [-0.3, -0.25) is 9.59 Å². The second kappa shape index (κ2) is 11.3. The van der Waals surface area contributed by atoms with E-state index < -0.39 is 6.04 Å². The van der Waals surface area contributed by atoms with Gasteiger partial charge in [0.2, 0.25) is 5.91 Å². The lowest BCUT2D eigenvalue weighted by molar-refractivity contribution is -0.143. The lowest BCUT2D eigenvalue weighted by Crippen LogP contribution is -2.52. The molecule has 1 saturated carbocycles. The van der Waals surface area contributed by atoms with Crippen LogP contribution in [0.1, 0.15) is 50.2 Å². The van der Waals surface area contributed by atoms with Crippen molar-refractivity contribution in [2.24, 2.45) is 0 Å². The smallest absolute Gasteiger partial charge is 0.261 e. The van der Waals surface area contributed by atoms with Crippen LogP contribution < -0.4 is 10.1 Å². The van der Waals surface area contributed by atoms with Crippen LogP contribution in [0.5, 0.6) is 5.75 Å². The normalized spacial score (nSPS) is 14.8. The van der Waals surface area contributed by atoms with E-state index in [0.29, 0.717) is 17.2 Å². The van der Waals surface area contributed by atoms with Gasteiger partial charge in [0.1, 0.15) is 17.6 Å². The van der Waals surface area contributed by atoms with E-state index in [-0.39, 0.29) is 36.8 Å². The molecule has 3 rings (SSSR count). The molecule has 1 atom stereocenters. The van der Waals surface area contributed by atoms with Crippen molar-refractivity contribution in [1.82, 2.24) is 10.2 Å². The molecule has 2 aromatic carbocycles. The van der Waals surface area contributed by atoms with Crippen LogP contribution in [0.15, 0.2) is 42.5 Å². The van der Waals surface area contributed by atoms with Gasteiger partial charge in [0.25, 0.3) is 5.91 Å². The number of carbonyl (C=O) groups is 2. The molecule has 0 aliphatic heterocycles. The highest BCUT2D eigenvalue weighted by atomic mass is 35.5. The summed E-state index contributed by atoms with van der Waals surface area (Å²) in [5, 5.41) is 3.72. The molecular formula is C25H30ClFN2O3. The Morgan fingerprint density at radius 2 is 1.88 bits per heavy atom. The minimum absolute atomic E-state index is 0.155. The molecule has 5 nitrogen and oxygen atoms in total. The summed E-state index contributed by atoms with van der Waals surface area (Å²) in [4.78, 5) is 27.8. The van der Waals surface area contributed by atoms with Gasteiger partial charge < -0.3 is 15.0 Å². The number of ether oxygens (including phenoxy) is 1. The van der Waals surface area contributed by atoms with Crippen molar-refractivity contribution >= 4 is 23.4 Å².